The van der Waals surface area contributed by atoms with Crippen molar-refractivity contribution in [3.8, 4) is 0 Å². The van der Waals surface area contributed by atoms with Gasteiger partial charge >= 0.3 is 0 Å². The molecule has 6 heteroatoms. The maximum absolute atomic E-state index is 12.0. The highest BCUT2D eigenvalue weighted by atomic mass is 16.2. The van der Waals surface area contributed by atoms with Gasteiger partial charge in [-0.15, -0.1) is 0 Å². The zero-order valence-electron chi connectivity index (χ0n) is 17.2. The molecule has 154 valence electrons. The minimum Gasteiger partial charge on any atom is -0.273 e. The van der Waals surface area contributed by atoms with Crippen LogP contribution in [-0.4, -0.2) is 23.2 Å². The molecule has 0 aromatic heterocycles. The molecule has 6 atom stereocenters. The van der Waals surface area contributed by atoms with Gasteiger partial charge in [0.1, 0.15) is 0 Å². The molecule has 6 unspecified atom stereocenters. The predicted molar refractivity (Wildman–Crippen MR) is 110 cm³/mol. The molecule has 0 heterocycles. The van der Waals surface area contributed by atoms with E-state index in [-0.39, 0.29) is 24.7 Å². The van der Waals surface area contributed by atoms with Crippen molar-refractivity contribution in [2.24, 2.45) is 45.7 Å². The number of hydrogen-bond acceptors (Lipinski definition) is 4. The van der Waals surface area contributed by atoms with Gasteiger partial charge in [-0.25, -0.2) is 10.9 Å². The van der Waals surface area contributed by atoms with E-state index >= 15 is 0 Å². The summed E-state index contributed by atoms with van der Waals surface area (Å²) in [7, 11) is 0. The summed E-state index contributed by atoms with van der Waals surface area (Å²) < 4.78 is 0. The average molecular weight is 387 g/mol. The molecule has 4 aliphatic carbocycles. The first-order valence-corrected chi connectivity index (χ1v) is 11.2. The summed E-state index contributed by atoms with van der Waals surface area (Å²) in [6.45, 7) is 4.04. The van der Waals surface area contributed by atoms with E-state index in [4.69, 9.17) is 0 Å². The quantitative estimate of drug-likeness (QED) is 0.517. The summed E-state index contributed by atoms with van der Waals surface area (Å²) in [5.74, 6) is 3.90. The van der Waals surface area contributed by atoms with Crippen LogP contribution in [0.3, 0.4) is 0 Å². The fourth-order valence-electron chi connectivity index (χ4n) is 6.32. The second-order valence-corrected chi connectivity index (χ2v) is 9.64. The van der Waals surface area contributed by atoms with Crippen molar-refractivity contribution in [3.63, 3.8) is 0 Å². The van der Waals surface area contributed by atoms with Gasteiger partial charge < -0.3 is 0 Å². The van der Waals surface area contributed by atoms with Crippen molar-refractivity contribution in [2.75, 3.05) is 0 Å². The maximum atomic E-state index is 12.0. The molecule has 0 aliphatic heterocycles. The summed E-state index contributed by atoms with van der Waals surface area (Å²) in [6, 6.07) is 0. The standard InChI is InChI=1S/C22H34N4O2/c1-13(19-11-15-3-5-17(19)9-15)23-25-21(27)7-8-22(28)26-24-14(2)20-12-16-4-6-18(20)10-16/h15-20H,3-12H2,1-2H3,(H,25,27)(H,26,28). The number of rotatable bonds is 7. The number of carbonyl (C=O) groups is 2. The minimum atomic E-state index is -0.202. The van der Waals surface area contributed by atoms with E-state index in [1.54, 1.807) is 0 Å². The smallest absolute Gasteiger partial charge is 0.240 e. The van der Waals surface area contributed by atoms with Crippen molar-refractivity contribution in [1.29, 1.82) is 0 Å². The third-order valence-electron chi connectivity index (χ3n) is 7.84. The Morgan fingerprint density at radius 3 is 1.46 bits per heavy atom. The number of hydrazone groups is 2. The van der Waals surface area contributed by atoms with Crippen molar-refractivity contribution in [2.45, 2.75) is 78.1 Å². The van der Waals surface area contributed by atoms with Crippen molar-refractivity contribution in [3.05, 3.63) is 0 Å². The van der Waals surface area contributed by atoms with Crippen molar-refractivity contribution < 1.29 is 9.59 Å². The largest absolute Gasteiger partial charge is 0.273 e. The van der Waals surface area contributed by atoms with E-state index in [1.165, 1.54) is 51.4 Å². The van der Waals surface area contributed by atoms with Crippen LogP contribution in [-0.2, 0) is 9.59 Å². The Balaban J connectivity index is 1.16. The van der Waals surface area contributed by atoms with Crippen LogP contribution in [0.5, 0.6) is 0 Å². The lowest BCUT2D eigenvalue weighted by atomic mass is 9.86. The van der Waals surface area contributed by atoms with Crippen molar-refractivity contribution >= 4 is 23.2 Å². The fraction of sp³-hybridized carbons (Fsp3) is 0.818. The minimum absolute atomic E-state index is 0.141. The number of amides is 2. The van der Waals surface area contributed by atoms with E-state index in [0.29, 0.717) is 11.8 Å². The Kier molecular flexibility index (Phi) is 5.83. The van der Waals surface area contributed by atoms with E-state index in [2.05, 4.69) is 21.1 Å². The summed E-state index contributed by atoms with van der Waals surface area (Å²) >= 11 is 0. The van der Waals surface area contributed by atoms with E-state index in [1.807, 2.05) is 13.8 Å². The van der Waals surface area contributed by atoms with Gasteiger partial charge in [-0.3, -0.25) is 9.59 Å². The van der Waals surface area contributed by atoms with E-state index < -0.39 is 0 Å². The number of nitrogens with one attached hydrogen (secondary N) is 2. The molecule has 4 fully saturated rings. The van der Waals surface area contributed by atoms with Crippen LogP contribution in [0.2, 0.25) is 0 Å². The Hall–Kier alpha value is -1.72. The molecule has 0 aromatic carbocycles. The highest BCUT2D eigenvalue weighted by Gasteiger charge is 2.41. The van der Waals surface area contributed by atoms with Gasteiger partial charge in [0.15, 0.2) is 0 Å². The Morgan fingerprint density at radius 2 is 1.14 bits per heavy atom. The van der Waals surface area contributed by atoms with Gasteiger partial charge in [-0.05, 0) is 76.0 Å². The highest BCUT2D eigenvalue weighted by Crippen LogP contribution is 2.49. The van der Waals surface area contributed by atoms with Crippen LogP contribution < -0.4 is 10.9 Å². The Morgan fingerprint density at radius 1 is 0.714 bits per heavy atom. The second kappa shape index (κ2) is 8.34. The Labute approximate surface area is 168 Å². The molecule has 2 amide bonds. The lowest BCUT2D eigenvalue weighted by Gasteiger charge is -2.21. The van der Waals surface area contributed by atoms with Crippen LogP contribution >= 0.6 is 0 Å². The molecule has 0 radical (unpaired) electrons. The van der Waals surface area contributed by atoms with Gasteiger partial charge in [0.25, 0.3) is 0 Å². The van der Waals surface area contributed by atoms with E-state index in [9.17, 15) is 9.59 Å². The Bertz CT molecular complexity index is 628. The molecule has 4 saturated carbocycles. The van der Waals surface area contributed by atoms with Gasteiger partial charge in [-0.2, -0.15) is 10.2 Å². The van der Waals surface area contributed by atoms with Gasteiger partial charge in [0.05, 0.1) is 0 Å². The van der Waals surface area contributed by atoms with Crippen LogP contribution in [0.1, 0.15) is 78.1 Å². The monoisotopic (exact) mass is 386 g/mol. The topological polar surface area (TPSA) is 82.9 Å². The molecular formula is C22H34N4O2. The molecule has 6 nitrogen and oxygen atoms in total. The molecular weight excluding hydrogens is 352 g/mol. The summed E-state index contributed by atoms with van der Waals surface area (Å²) in [4.78, 5) is 24.1. The van der Waals surface area contributed by atoms with Crippen LogP contribution in [0.25, 0.3) is 0 Å². The molecule has 4 aliphatic rings. The lowest BCUT2D eigenvalue weighted by molar-refractivity contribution is -0.126. The van der Waals surface area contributed by atoms with Crippen LogP contribution in [0.15, 0.2) is 10.2 Å². The van der Waals surface area contributed by atoms with Gasteiger partial charge in [0.2, 0.25) is 11.8 Å². The number of nitrogens with zero attached hydrogens (tertiary/aromatic N) is 2. The first-order chi connectivity index (χ1) is 13.5. The number of fused-ring (bicyclic) bond motifs is 4. The molecule has 28 heavy (non-hydrogen) atoms. The molecule has 0 aromatic rings. The molecule has 4 rings (SSSR count). The number of hydrogen-bond donors (Lipinski definition) is 2. The zero-order chi connectivity index (χ0) is 19.7. The van der Waals surface area contributed by atoms with Gasteiger partial charge in [-0.1, -0.05) is 12.8 Å². The second-order valence-electron chi connectivity index (χ2n) is 9.64. The van der Waals surface area contributed by atoms with Crippen molar-refractivity contribution in [1.82, 2.24) is 10.9 Å². The van der Waals surface area contributed by atoms with Gasteiger partial charge in [0, 0.05) is 36.1 Å². The predicted octanol–water partition coefficient (Wildman–Crippen LogP) is 3.62. The third-order valence-corrected chi connectivity index (χ3v) is 7.84. The molecule has 4 bridgehead atoms. The van der Waals surface area contributed by atoms with E-state index in [0.717, 1.165) is 35.1 Å². The lowest BCUT2D eigenvalue weighted by Crippen LogP contribution is -2.27. The van der Waals surface area contributed by atoms with Crippen LogP contribution in [0.4, 0.5) is 0 Å². The zero-order valence-corrected chi connectivity index (χ0v) is 17.2. The highest BCUT2D eigenvalue weighted by molar-refractivity contribution is 5.89. The molecule has 2 N–H and O–H groups in total. The first-order valence-electron chi connectivity index (χ1n) is 11.2. The third kappa shape index (κ3) is 4.31. The molecule has 0 spiro atoms. The normalized spacial score (nSPS) is 36.8. The maximum Gasteiger partial charge on any atom is 0.240 e. The number of carbonyl (C=O) groups excluding carboxylic acids is 2. The fourth-order valence-corrected chi connectivity index (χ4v) is 6.32. The average Bonchev–Trinajstić information content (AvgIpc) is 3.49. The summed E-state index contributed by atoms with van der Waals surface area (Å²) in [6.07, 6.45) is 10.7. The SMILES string of the molecule is CC(=NNC(=O)CCC(=O)NN=C(C)C1CC2CCC1C2)C1CC2CCC1C2. The molecule has 0 saturated heterocycles. The van der Waals surface area contributed by atoms with Crippen LogP contribution in [0, 0.1) is 35.5 Å². The summed E-state index contributed by atoms with van der Waals surface area (Å²) in [5.41, 5.74) is 7.35. The summed E-state index contributed by atoms with van der Waals surface area (Å²) in [5, 5.41) is 8.62. The first kappa shape index (κ1) is 19.6.